The van der Waals surface area contributed by atoms with Gasteiger partial charge >= 0.3 is 12.0 Å². The number of rotatable bonds is 7. The molecular weight excluding hydrogens is 226 g/mol. The van der Waals surface area contributed by atoms with Crippen molar-refractivity contribution in [3.8, 4) is 0 Å². The number of primary amides is 1. The predicted octanol–water partition coefficient (Wildman–Crippen LogP) is -0.197. The highest BCUT2D eigenvalue weighted by molar-refractivity contribution is 5.89. The van der Waals surface area contributed by atoms with Gasteiger partial charge in [-0.3, -0.25) is 9.59 Å². The molecule has 0 heterocycles. The Kier molecular flexibility index (Phi) is 6.69. The number of carbonyl (C=O) groups is 3. The summed E-state index contributed by atoms with van der Waals surface area (Å²) >= 11 is 0. The highest BCUT2D eigenvalue weighted by atomic mass is 16.4. The summed E-state index contributed by atoms with van der Waals surface area (Å²) < 4.78 is 0. The second-order valence-corrected chi connectivity index (χ2v) is 3.77. The van der Waals surface area contributed by atoms with E-state index in [1.165, 1.54) is 6.92 Å². The molecule has 98 valence electrons. The van der Waals surface area contributed by atoms with Crippen molar-refractivity contribution >= 4 is 17.9 Å². The number of urea groups is 1. The number of carboxylic acid groups (broad SMARTS) is 1. The molecule has 0 saturated heterocycles. The summed E-state index contributed by atoms with van der Waals surface area (Å²) in [6.45, 7) is 3.29. The van der Waals surface area contributed by atoms with Crippen molar-refractivity contribution in [2.45, 2.75) is 45.2 Å². The number of carboxylic acids is 1. The number of hydrogen-bond donors (Lipinski definition) is 4. The number of unbranched alkanes of at least 4 members (excludes halogenated alkanes) is 1. The zero-order valence-corrected chi connectivity index (χ0v) is 10.0. The largest absolute Gasteiger partial charge is 0.480 e. The summed E-state index contributed by atoms with van der Waals surface area (Å²) in [7, 11) is 0. The molecule has 0 spiro atoms. The van der Waals surface area contributed by atoms with Crippen LogP contribution in [0.1, 0.15) is 33.1 Å². The fourth-order valence-electron chi connectivity index (χ4n) is 1.22. The van der Waals surface area contributed by atoms with Gasteiger partial charge in [0.25, 0.3) is 0 Å². The van der Waals surface area contributed by atoms with Crippen molar-refractivity contribution in [2.24, 2.45) is 5.73 Å². The molecule has 0 aromatic rings. The fraction of sp³-hybridized carbons (Fsp3) is 0.700. The molecule has 17 heavy (non-hydrogen) atoms. The zero-order chi connectivity index (χ0) is 13.4. The van der Waals surface area contributed by atoms with E-state index < -0.39 is 30.0 Å². The third kappa shape index (κ3) is 6.39. The second kappa shape index (κ2) is 7.48. The maximum Gasteiger partial charge on any atom is 0.325 e. The third-order valence-electron chi connectivity index (χ3n) is 2.21. The monoisotopic (exact) mass is 245 g/mol. The Hall–Kier alpha value is -1.79. The topological polar surface area (TPSA) is 122 Å². The standard InChI is InChI=1S/C10H19N3O4/c1-3-4-5-7(13-10(11)17)8(14)12-6(2)9(15)16/h6-7H,3-5H2,1-2H3,(H,12,14)(H,15,16)(H3,11,13,17)/t6-,7?/m0/s1. The smallest absolute Gasteiger partial charge is 0.325 e. The Balaban J connectivity index is 4.40. The maximum atomic E-state index is 11.7. The molecule has 0 bridgehead atoms. The molecular formula is C10H19N3O4. The molecule has 0 rings (SSSR count). The van der Waals surface area contributed by atoms with Crippen molar-refractivity contribution in [2.75, 3.05) is 0 Å². The van der Waals surface area contributed by atoms with E-state index in [1.54, 1.807) is 0 Å². The first-order valence-corrected chi connectivity index (χ1v) is 5.47. The van der Waals surface area contributed by atoms with Gasteiger partial charge in [0, 0.05) is 0 Å². The molecule has 1 unspecified atom stereocenters. The molecule has 0 aliphatic carbocycles. The highest BCUT2D eigenvalue weighted by Gasteiger charge is 2.22. The molecule has 0 radical (unpaired) electrons. The van der Waals surface area contributed by atoms with Gasteiger partial charge in [0.15, 0.2) is 0 Å². The van der Waals surface area contributed by atoms with Gasteiger partial charge in [-0.05, 0) is 13.3 Å². The molecule has 0 fully saturated rings. The van der Waals surface area contributed by atoms with Crippen LogP contribution in [0.3, 0.4) is 0 Å². The van der Waals surface area contributed by atoms with Crippen LogP contribution in [-0.2, 0) is 9.59 Å². The number of carbonyl (C=O) groups excluding carboxylic acids is 2. The molecule has 2 atom stereocenters. The normalized spacial score (nSPS) is 13.5. The van der Waals surface area contributed by atoms with Crippen LogP contribution >= 0.6 is 0 Å². The van der Waals surface area contributed by atoms with E-state index in [4.69, 9.17) is 10.8 Å². The molecule has 0 aliphatic heterocycles. The lowest BCUT2D eigenvalue weighted by molar-refractivity contribution is -0.141. The SMILES string of the molecule is CCCCC(NC(N)=O)C(=O)N[C@@H](C)C(=O)O. The van der Waals surface area contributed by atoms with E-state index in [0.29, 0.717) is 6.42 Å². The molecule has 0 aliphatic rings. The molecule has 5 N–H and O–H groups in total. The van der Waals surface area contributed by atoms with Crippen LogP contribution < -0.4 is 16.4 Å². The van der Waals surface area contributed by atoms with Crippen LogP contribution in [0.4, 0.5) is 4.79 Å². The van der Waals surface area contributed by atoms with Crippen molar-refractivity contribution in [3.63, 3.8) is 0 Å². The molecule has 0 saturated carbocycles. The molecule has 7 heteroatoms. The van der Waals surface area contributed by atoms with Crippen LogP contribution in [0.15, 0.2) is 0 Å². The average Bonchev–Trinajstić information content (AvgIpc) is 2.23. The number of aliphatic carboxylic acids is 1. The lowest BCUT2D eigenvalue weighted by atomic mass is 10.1. The number of amides is 3. The fourth-order valence-corrected chi connectivity index (χ4v) is 1.22. The third-order valence-corrected chi connectivity index (χ3v) is 2.21. The van der Waals surface area contributed by atoms with E-state index in [-0.39, 0.29) is 0 Å². The van der Waals surface area contributed by atoms with Crippen LogP contribution in [0, 0.1) is 0 Å². The van der Waals surface area contributed by atoms with Gasteiger partial charge < -0.3 is 21.5 Å². The lowest BCUT2D eigenvalue weighted by Gasteiger charge is -2.18. The van der Waals surface area contributed by atoms with Crippen LogP contribution in [0.25, 0.3) is 0 Å². The first-order chi connectivity index (χ1) is 7.88. The highest BCUT2D eigenvalue weighted by Crippen LogP contribution is 2.01. The van der Waals surface area contributed by atoms with Gasteiger partial charge in [0.2, 0.25) is 5.91 Å². The predicted molar refractivity (Wildman–Crippen MR) is 61.3 cm³/mol. The first kappa shape index (κ1) is 15.2. The minimum atomic E-state index is -1.13. The van der Waals surface area contributed by atoms with Crippen molar-refractivity contribution in [1.29, 1.82) is 0 Å². The average molecular weight is 245 g/mol. The molecule has 0 aromatic heterocycles. The Labute approximate surface area is 99.7 Å². The van der Waals surface area contributed by atoms with Gasteiger partial charge in [-0.15, -0.1) is 0 Å². The van der Waals surface area contributed by atoms with Crippen LogP contribution in [-0.4, -0.2) is 35.1 Å². The molecule has 3 amide bonds. The van der Waals surface area contributed by atoms with E-state index in [9.17, 15) is 14.4 Å². The van der Waals surface area contributed by atoms with E-state index in [1.807, 2.05) is 6.92 Å². The van der Waals surface area contributed by atoms with Gasteiger partial charge in [0.05, 0.1) is 0 Å². The zero-order valence-electron chi connectivity index (χ0n) is 10.0. The Bertz CT molecular complexity index is 293. The van der Waals surface area contributed by atoms with E-state index in [0.717, 1.165) is 12.8 Å². The van der Waals surface area contributed by atoms with Gasteiger partial charge in [-0.2, -0.15) is 0 Å². The Morgan fingerprint density at radius 3 is 2.29 bits per heavy atom. The summed E-state index contributed by atoms with van der Waals surface area (Å²) in [5, 5.41) is 13.2. The molecule has 0 aromatic carbocycles. The van der Waals surface area contributed by atoms with E-state index >= 15 is 0 Å². The summed E-state index contributed by atoms with van der Waals surface area (Å²) in [5.41, 5.74) is 4.95. The Morgan fingerprint density at radius 2 is 1.88 bits per heavy atom. The van der Waals surface area contributed by atoms with Crippen LogP contribution in [0.2, 0.25) is 0 Å². The summed E-state index contributed by atoms with van der Waals surface area (Å²) in [6.07, 6.45) is 2.02. The quantitative estimate of drug-likeness (QED) is 0.496. The minimum Gasteiger partial charge on any atom is -0.480 e. The maximum absolute atomic E-state index is 11.7. The van der Waals surface area contributed by atoms with Gasteiger partial charge in [0.1, 0.15) is 12.1 Å². The van der Waals surface area contributed by atoms with Gasteiger partial charge in [-0.1, -0.05) is 19.8 Å². The number of hydrogen-bond acceptors (Lipinski definition) is 3. The van der Waals surface area contributed by atoms with E-state index in [2.05, 4.69) is 10.6 Å². The van der Waals surface area contributed by atoms with Crippen molar-refractivity contribution < 1.29 is 19.5 Å². The summed E-state index contributed by atoms with van der Waals surface area (Å²) in [4.78, 5) is 32.9. The first-order valence-electron chi connectivity index (χ1n) is 5.47. The second-order valence-electron chi connectivity index (χ2n) is 3.77. The van der Waals surface area contributed by atoms with Crippen molar-refractivity contribution in [1.82, 2.24) is 10.6 Å². The van der Waals surface area contributed by atoms with Crippen molar-refractivity contribution in [3.05, 3.63) is 0 Å². The lowest BCUT2D eigenvalue weighted by Crippen LogP contribution is -2.51. The van der Waals surface area contributed by atoms with Crippen LogP contribution in [0.5, 0.6) is 0 Å². The van der Waals surface area contributed by atoms with Gasteiger partial charge in [-0.25, -0.2) is 4.79 Å². The summed E-state index contributed by atoms with van der Waals surface area (Å²) in [5.74, 6) is -1.67. The number of nitrogens with one attached hydrogen (secondary N) is 2. The summed E-state index contributed by atoms with van der Waals surface area (Å²) in [6, 6.07) is -2.58. The minimum absolute atomic E-state index is 0.428. The molecule has 7 nitrogen and oxygen atoms in total. The number of nitrogens with two attached hydrogens (primary N) is 1. The Morgan fingerprint density at radius 1 is 1.29 bits per heavy atom.